The first-order valence-electron chi connectivity index (χ1n) is 6.45. The molecule has 0 unspecified atom stereocenters. The molecule has 0 saturated carbocycles. The van der Waals surface area contributed by atoms with Crippen LogP contribution in [-0.4, -0.2) is 40.4 Å². The first-order valence-corrected chi connectivity index (χ1v) is 6.45. The van der Waals surface area contributed by atoms with E-state index in [2.05, 4.69) is 6.08 Å². The van der Waals surface area contributed by atoms with Crippen molar-refractivity contribution in [1.82, 2.24) is 4.90 Å². The van der Waals surface area contributed by atoms with E-state index in [9.17, 15) is 9.90 Å². The molecule has 0 atom stereocenters. The first kappa shape index (κ1) is 15.0. The second-order valence-corrected chi connectivity index (χ2v) is 6.54. The summed E-state index contributed by atoms with van der Waals surface area (Å²) >= 11 is 0. The van der Waals surface area contributed by atoms with E-state index in [4.69, 9.17) is 4.74 Å². The minimum absolute atomic E-state index is 0.274. The fourth-order valence-electron chi connectivity index (χ4n) is 1.98. The molecule has 1 amide bonds. The Morgan fingerprint density at radius 1 is 1.39 bits per heavy atom. The zero-order chi connectivity index (χ0) is 14.0. The second-order valence-electron chi connectivity index (χ2n) is 6.54. The van der Waals surface area contributed by atoms with Crippen LogP contribution in [0.25, 0.3) is 0 Å². The standard InChI is InChI=1S/C14H25NO3/c1-13(2,3)18-12(16)15-8-6-7-11(10-15)9-14(4,5)17/h7,17H,6,8-10H2,1-5H3. The van der Waals surface area contributed by atoms with Crippen molar-refractivity contribution in [3.63, 3.8) is 0 Å². The van der Waals surface area contributed by atoms with E-state index in [1.165, 1.54) is 0 Å². The zero-order valence-electron chi connectivity index (χ0n) is 12.1. The smallest absolute Gasteiger partial charge is 0.410 e. The number of carbonyl (C=O) groups is 1. The average Bonchev–Trinajstić information content (AvgIpc) is 2.12. The van der Waals surface area contributed by atoms with Crippen LogP contribution in [-0.2, 0) is 4.74 Å². The summed E-state index contributed by atoms with van der Waals surface area (Å²) in [5.74, 6) is 0. The van der Waals surface area contributed by atoms with Crippen LogP contribution in [0.1, 0.15) is 47.5 Å². The molecule has 0 aromatic rings. The van der Waals surface area contributed by atoms with Gasteiger partial charge in [-0.2, -0.15) is 0 Å². The summed E-state index contributed by atoms with van der Waals surface area (Å²) in [5.41, 5.74) is -0.100. The predicted molar refractivity (Wildman–Crippen MR) is 71.4 cm³/mol. The van der Waals surface area contributed by atoms with Crippen LogP contribution in [0.3, 0.4) is 0 Å². The van der Waals surface area contributed by atoms with Gasteiger partial charge in [0.25, 0.3) is 0 Å². The quantitative estimate of drug-likeness (QED) is 0.772. The van der Waals surface area contributed by atoms with Gasteiger partial charge in [0, 0.05) is 13.1 Å². The van der Waals surface area contributed by atoms with E-state index in [0.29, 0.717) is 19.5 Å². The third kappa shape index (κ3) is 5.54. The minimum atomic E-state index is -0.733. The Hall–Kier alpha value is -1.03. The van der Waals surface area contributed by atoms with Crippen molar-refractivity contribution >= 4 is 6.09 Å². The molecule has 0 spiro atoms. The lowest BCUT2D eigenvalue weighted by atomic mass is 9.96. The second kappa shape index (κ2) is 5.31. The van der Waals surface area contributed by atoms with E-state index in [1.807, 2.05) is 20.8 Å². The third-order valence-electron chi connectivity index (χ3n) is 2.54. The van der Waals surface area contributed by atoms with Crippen LogP contribution in [0, 0.1) is 0 Å². The van der Waals surface area contributed by atoms with Crippen LogP contribution in [0.4, 0.5) is 4.79 Å². The molecule has 1 rings (SSSR count). The minimum Gasteiger partial charge on any atom is -0.444 e. The molecular weight excluding hydrogens is 230 g/mol. The maximum atomic E-state index is 11.9. The molecule has 0 aromatic carbocycles. The number of carbonyl (C=O) groups excluding carboxylic acids is 1. The number of hydrogen-bond acceptors (Lipinski definition) is 3. The van der Waals surface area contributed by atoms with Gasteiger partial charge in [-0.3, -0.25) is 0 Å². The molecule has 0 aromatic heterocycles. The summed E-state index contributed by atoms with van der Waals surface area (Å²) in [6.45, 7) is 10.4. The maximum Gasteiger partial charge on any atom is 0.410 e. The van der Waals surface area contributed by atoms with Gasteiger partial charge < -0.3 is 14.7 Å². The zero-order valence-corrected chi connectivity index (χ0v) is 12.1. The van der Waals surface area contributed by atoms with E-state index in [0.717, 1.165) is 12.0 Å². The number of nitrogens with zero attached hydrogens (tertiary/aromatic N) is 1. The number of aliphatic hydroxyl groups is 1. The molecule has 0 saturated heterocycles. The molecule has 104 valence electrons. The van der Waals surface area contributed by atoms with Crippen LogP contribution in [0.15, 0.2) is 11.6 Å². The molecule has 1 N–H and O–H groups in total. The van der Waals surface area contributed by atoms with Crippen molar-refractivity contribution in [3.05, 3.63) is 11.6 Å². The van der Waals surface area contributed by atoms with Crippen LogP contribution in [0.5, 0.6) is 0 Å². The van der Waals surface area contributed by atoms with Gasteiger partial charge in [-0.05, 0) is 47.5 Å². The van der Waals surface area contributed by atoms with Gasteiger partial charge >= 0.3 is 6.09 Å². The highest BCUT2D eigenvalue weighted by atomic mass is 16.6. The first-order chi connectivity index (χ1) is 8.07. The Kier molecular flexibility index (Phi) is 4.43. The lowest BCUT2D eigenvalue weighted by Crippen LogP contribution is -2.40. The van der Waals surface area contributed by atoms with E-state index in [1.54, 1.807) is 18.7 Å². The Balaban J connectivity index is 2.57. The van der Waals surface area contributed by atoms with E-state index in [-0.39, 0.29) is 6.09 Å². The van der Waals surface area contributed by atoms with Gasteiger partial charge in [-0.25, -0.2) is 4.79 Å². The van der Waals surface area contributed by atoms with Crippen LogP contribution >= 0.6 is 0 Å². The van der Waals surface area contributed by atoms with Crippen molar-refractivity contribution in [3.8, 4) is 0 Å². The van der Waals surface area contributed by atoms with Gasteiger partial charge in [0.2, 0.25) is 0 Å². The molecule has 18 heavy (non-hydrogen) atoms. The Bertz CT molecular complexity index is 334. The monoisotopic (exact) mass is 255 g/mol. The molecule has 4 heteroatoms. The number of amides is 1. The Labute approximate surface area is 110 Å². The molecule has 0 radical (unpaired) electrons. The summed E-state index contributed by atoms with van der Waals surface area (Å²) in [6.07, 6.45) is 3.25. The number of ether oxygens (including phenoxy) is 1. The molecule has 0 bridgehead atoms. The molecular formula is C14H25NO3. The molecule has 0 aliphatic carbocycles. The van der Waals surface area contributed by atoms with Gasteiger partial charge in [0.05, 0.1) is 5.60 Å². The number of hydrogen-bond donors (Lipinski definition) is 1. The lowest BCUT2D eigenvalue weighted by Gasteiger charge is -2.31. The summed E-state index contributed by atoms with van der Waals surface area (Å²) in [7, 11) is 0. The summed E-state index contributed by atoms with van der Waals surface area (Å²) in [4.78, 5) is 13.6. The summed E-state index contributed by atoms with van der Waals surface area (Å²) in [5, 5.41) is 9.81. The number of rotatable bonds is 2. The molecule has 1 aliphatic rings. The predicted octanol–water partition coefficient (Wildman–Crippen LogP) is 2.71. The van der Waals surface area contributed by atoms with Crippen molar-refractivity contribution < 1.29 is 14.6 Å². The van der Waals surface area contributed by atoms with Gasteiger partial charge in [-0.1, -0.05) is 11.6 Å². The van der Waals surface area contributed by atoms with Gasteiger partial charge in [0.1, 0.15) is 5.60 Å². The largest absolute Gasteiger partial charge is 0.444 e. The highest BCUT2D eigenvalue weighted by Gasteiger charge is 2.26. The highest BCUT2D eigenvalue weighted by molar-refractivity contribution is 5.68. The summed E-state index contributed by atoms with van der Waals surface area (Å²) in [6, 6.07) is 0. The summed E-state index contributed by atoms with van der Waals surface area (Å²) < 4.78 is 5.35. The molecule has 1 aliphatic heterocycles. The Morgan fingerprint density at radius 3 is 2.50 bits per heavy atom. The third-order valence-corrected chi connectivity index (χ3v) is 2.54. The van der Waals surface area contributed by atoms with Crippen molar-refractivity contribution in [1.29, 1.82) is 0 Å². The molecule has 4 nitrogen and oxygen atoms in total. The average molecular weight is 255 g/mol. The van der Waals surface area contributed by atoms with Gasteiger partial charge in [0.15, 0.2) is 0 Å². The highest BCUT2D eigenvalue weighted by Crippen LogP contribution is 2.21. The fourth-order valence-corrected chi connectivity index (χ4v) is 1.98. The topological polar surface area (TPSA) is 49.8 Å². The van der Waals surface area contributed by atoms with E-state index >= 15 is 0 Å². The molecule has 0 fully saturated rings. The van der Waals surface area contributed by atoms with Crippen molar-refractivity contribution in [2.45, 2.75) is 58.7 Å². The van der Waals surface area contributed by atoms with Crippen LogP contribution in [0.2, 0.25) is 0 Å². The normalized spacial score (nSPS) is 17.4. The lowest BCUT2D eigenvalue weighted by molar-refractivity contribution is 0.0245. The van der Waals surface area contributed by atoms with Crippen LogP contribution < -0.4 is 0 Å². The van der Waals surface area contributed by atoms with E-state index < -0.39 is 11.2 Å². The van der Waals surface area contributed by atoms with Gasteiger partial charge in [-0.15, -0.1) is 0 Å². The fraction of sp³-hybridized carbons (Fsp3) is 0.786. The SMILES string of the molecule is CC(C)(O)CC1=CCCN(C(=O)OC(C)(C)C)C1. The Morgan fingerprint density at radius 2 is 2.00 bits per heavy atom. The van der Waals surface area contributed by atoms with Crippen molar-refractivity contribution in [2.24, 2.45) is 0 Å². The maximum absolute atomic E-state index is 11.9. The molecule has 1 heterocycles. The van der Waals surface area contributed by atoms with Crippen molar-refractivity contribution in [2.75, 3.05) is 13.1 Å².